The van der Waals surface area contributed by atoms with Crippen LogP contribution in [0.2, 0.25) is 10.0 Å². The van der Waals surface area contributed by atoms with Crippen molar-refractivity contribution < 1.29 is 151 Å². The fourth-order valence-corrected chi connectivity index (χ4v) is 18.5. The molecule has 49 heteroatoms. The number of ether oxygens (including phenoxy) is 12. The number of unbranched alkanes of at least 4 members (excludes halogenated alkanes) is 2. The molecule has 4 aromatic carbocycles. The summed E-state index contributed by atoms with van der Waals surface area (Å²) >= 11 is 11.8. The molecular formula is C92H108Cl2F4N10O32S. The molecule has 0 spiro atoms. The van der Waals surface area contributed by atoms with Crippen LogP contribution in [-0.2, 0) is 103 Å². The minimum absolute atomic E-state index is 0.000493. The Kier molecular flexibility index (Phi) is 41.5. The zero-order valence-electron chi connectivity index (χ0n) is 77.2. The van der Waals surface area contributed by atoms with Crippen molar-refractivity contribution in [1.82, 2.24) is 29.6 Å². The van der Waals surface area contributed by atoms with Gasteiger partial charge in [0.1, 0.15) is 48.1 Å². The van der Waals surface area contributed by atoms with Crippen molar-refractivity contribution >= 4 is 80.5 Å². The zero-order valence-corrected chi connectivity index (χ0v) is 79.5. The standard InChI is InChI=1S/C46H54ClF2N5O16S.C46H54ClF2N5O16/c1-30-33(17-18-50-43(30)65-22-7-23-68-46(57)67-20-3-5-25-70-54(60)61)27-51(34-13-14-34)44(55)40-36(32-11-9-31(10-12-32)8-6-21-64-42-38(49)16-15-37(48)41(42)47)26-35-28-71(62,63)29-39(40)52(35)45(56)66-19-2-4-24-69-53(58)59;1-30-33(15-16-50-43(30)65-18-3-19-67-46(57)68-25-21-63-23-27-70-54(60)61)29-51(34-9-10-34)44(55)40-36(28-35-11-14-39(40)52(35)45(56)66-24-20-62-22-26-69-53(58)59)32-7-5-31(6-8-32)4-2-17-64-42-38(49)13-12-37(48)41(42)47/h9-12,15-18,34-35,39H,2-8,13-14,19-29H2,1H3;5-8,12-13,15-16,34-35,39H,2-4,9-11,14,17-29H2,1H3. The van der Waals surface area contributed by atoms with Crippen LogP contribution in [0, 0.1) is 77.6 Å². The maximum absolute atomic E-state index is 15.3. The van der Waals surface area contributed by atoms with Crippen molar-refractivity contribution in [2.75, 3.05) is 130 Å². The molecule has 4 aliphatic heterocycles. The number of fused-ring (bicyclic) bond motifs is 4. The van der Waals surface area contributed by atoms with E-state index in [1.54, 1.807) is 29.0 Å². The highest BCUT2D eigenvalue weighted by molar-refractivity contribution is 7.91. The van der Waals surface area contributed by atoms with Crippen molar-refractivity contribution in [3.8, 4) is 23.3 Å². The van der Waals surface area contributed by atoms with Crippen molar-refractivity contribution in [3.05, 3.63) is 227 Å². The third-order valence-corrected chi connectivity index (χ3v) is 25.8. The molecular weight excluding hydrogens is 1940 g/mol. The summed E-state index contributed by atoms with van der Waals surface area (Å²) < 4.78 is 148. The van der Waals surface area contributed by atoms with Crippen LogP contribution >= 0.6 is 23.2 Å². The molecule has 4 amide bonds. The van der Waals surface area contributed by atoms with Crippen LogP contribution in [0.15, 0.2) is 108 Å². The van der Waals surface area contributed by atoms with Gasteiger partial charge in [0.25, 0.3) is 32.2 Å². The number of hydrogen-bond acceptors (Lipinski definition) is 34. The highest BCUT2D eigenvalue weighted by Crippen LogP contribution is 2.47. The summed E-state index contributed by atoms with van der Waals surface area (Å²) in [5.41, 5.74) is 8.13. The molecule has 4 fully saturated rings. The Labute approximate surface area is 816 Å². The van der Waals surface area contributed by atoms with Crippen LogP contribution in [0.4, 0.5) is 36.7 Å². The molecule has 12 rings (SSSR count). The number of sulfone groups is 1. The second-order valence-electron chi connectivity index (χ2n) is 33.2. The van der Waals surface area contributed by atoms with Gasteiger partial charge in [-0.3, -0.25) is 19.4 Å². The third kappa shape index (κ3) is 32.7. The van der Waals surface area contributed by atoms with Gasteiger partial charge in [-0.1, -0.05) is 71.7 Å². The summed E-state index contributed by atoms with van der Waals surface area (Å²) in [5, 5.41) is 36.8. The minimum Gasteiger partial charge on any atom is -0.489 e. The van der Waals surface area contributed by atoms with Gasteiger partial charge in [0, 0.05) is 78.7 Å². The molecule has 4 bridgehead atoms. The quantitative estimate of drug-likeness (QED) is 0.00651. The van der Waals surface area contributed by atoms with E-state index < -0.39 is 118 Å². The summed E-state index contributed by atoms with van der Waals surface area (Å²) in [6.07, 6.45) is 7.99. The van der Waals surface area contributed by atoms with E-state index in [1.165, 1.54) is 11.1 Å². The lowest BCUT2D eigenvalue weighted by Crippen LogP contribution is -2.61. The largest absolute Gasteiger partial charge is 0.508 e. The van der Waals surface area contributed by atoms with Gasteiger partial charge in [0.15, 0.2) is 33.0 Å². The van der Waals surface area contributed by atoms with E-state index in [-0.39, 0.29) is 210 Å². The van der Waals surface area contributed by atoms with Crippen LogP contribution in [0.1, 0.15) is 147 Å². The van der Waals surface area contributed by atoms with Crippen LogP contribution in [0.3, 0.4) is 0 Å². The lowest BCUT2D eigenvalue weighted by atomic mass is 9.84. The molecule has 141 heavy (non-hydrogen) atoms. The van der Waals surface area contributed by atoms with Gasteiger partial charge in [-0.15, -0.1) is 40.5 Å². The van der Waals surface area contributed by atoms with Gasteiger partial charge in [0.05, 0.1) is 122 Å². The Morgan fingerprint density at radius 1 is 0.411 bits per heavy atom. The van der Waals surface area contributed by atoms with Crippen LogP contribution in [0.5, 0.6) is 23.3 Å². The Balaban J connectivity index is 0.000000270. The second kappa shape index (κ2) is 54.0. The smallest absolute Gasteiger partial charge is 0.489 e. The van der Waals surface area contributed by atoms with Gasteiger partial charge in [-0.2, -0.15) is 0 Å². The Morgan fingerprint density at radius 3 is 1.23 bits per heavy atom. The van der Waals surface area contributed by atoms with Gasteiger partial charge < -0.3 is 86.0 Å². The number of halogens is 6. The summed E-state index contributed by atoms with van der Waals surface area (Å²) in [6.45, 7) is 2.96. The first-order chi connectivity index (χ1) is 67.8. The number of pyridine rings is 2. The van der Waals surface area contributed by atoms with Gasteiger partial charge in [0.2, 0.25) is 11.8 Å². The van der Waals surface area contributed by atoms with E-state index in [0.717, 1.165) is 64.9 Å². The summed E-state index contributed by atoms with van der Waals surface area (Å²) in [4.78, 5) is 156. The van der Waals surface area contributed by atoms with Crippen LogP contribution < -0.4 is 18.9 Å². The predicted molar refractivity (Wildman–Crippen MR) is 488 cm³/mol. The van der Waals surface area contributed by atoms with Crippen LogP contribution in [0.25, 0.3) is 11.1 Å². The highest BCUT2D eigenvalue weighted by atomic mass is 35.5. The van der Waals surface area contributed by atoms with Crippen molar-refractivity contribution in [2.24, 2.45) is 0 Å². The molecule has 0 radical (unpaired) electrons. The number of aromatic nitrogens is 2. The van der Waals surface area contributed by atoms with Crippen molar-refractivity contribution in [1.29, 1.82) is 0 Å². The number of rotatable bonds is 56. The second-order valence-corrected chi connectivity index (χ2v) is 36.1. The Morgan fingerprint density at radius 2 is 0.780 bits per heavy atom. The number of aryl methyl sites for hydroxylation is 2. The van der Waals surface area contributed by atoms with E-state index >= 15 is 9.59 Å². The zero-order chi connectivity index (χ0) is 101. The summed E-state index contributed by atoms with van der Waals surface area (Å²) in [7, 11) is -3.78. The predicted octanol–water partition coefficient (Wildman–Crippen LogP) is 14.2. The van der Waals surface area contributed by atoms with E-state index in [4.69, 9.17) is 80.0 Å². The van der Waals surface area contributed by atoms with E-state index in [9.17, 15) is 85.6 Å². The third-order valence-electron chi connectivity index (χ3n) is 23.4. The molecule has 2 saturated carbocycles. The maximum atomic E-state index is 15.3. The molecule has 6 aliphatic rings. The highest BCUT2D eigenvalue weighted by Gasteiger charge is 2.53. The topological polar surface area (TPSA) is 496 Å². The van der Waals surface area contributed by atoms with Gasteiger partial charge in [-0.05, 0) is 198 Å². The first-order valence-corrected chi connectivity index (χ1v) is 48.3. The fraction of sp³-hybridized carbons (Fsp3) is 0.522. The monoisotopic (exact) mass is 2040 g/mol. The SMILES string of the molecule is Cc1c(CN(C(=O)C2=C(c3ccc(CCCOc4c(F)ccc(F)c4Cl)cc3)CC3CCC2N3C(=O)OCCOCCO[N+](=O)[O-])C2CC2)ccnc1OCCCOC(=O)OCCOCCO[N+](=O)[O-].Cc1c(CN(C(=O)C2=C(c3ccc(CCCOc4c(F)ccc(F)c4Cl)cc3)CC3CS(=O)(=O)CC2N3C(=O)OCCCCO[N+](=O)[O-])C2CC2)ccnc1OCCCOC(=O)OCCCCO[N+](=O)[O-]. The normalized spacial score (nSPS) is 16.5. The molecule has 4 atom stereocenters. The Bertz CT molecular complexity index is 5520. The molecule has 42 nitrogen and oxygen atoms in total. The summed E-state index contributed by atoms with van der Waals surface area (Å²) in [6, 6.07) is 19.2. The van der Waals surface area contributed by atoms with Crippen molar-refractivity contribution in [3.63, 3.8) is 0 Å². The number of benzene rings is 4. The van der Waals surface area contributed by atoms with Crippen molar-refractivity contribution in [2.45, 2.75) is 179 Å². The lowest BCUT2D eigenvalue weighted by Gasteiger charge is -2.47. The number of nitrogens with zero attached hydrogens (tertiary/aromatic N) is 10. The molecule has 2 saturated heterocycles. The van der Waals surface area contributed by atoms with E-state index in [0.29, 0.717) is 116 Å². The lowest BCUT2D eigenvalue weighted by molar-refractivity contribution is -0.758. The number of hydrogen-bond donors (Lipinski definition) is 0. The van der Waals surface area contributed by atoms with E-state index in [1.807, 2.05) is 66.4 Å². The minimum atomic E-state index is -3.78. The first kappa shape index (κ1) is 108. The maximum Gasteiger partial charge on any atom is 0.508 e. The fourth-order valence-electron chi connectivity index (χ4n) is 16.3. The molecule has 6 aromatic rings. The average molecular weight is 2040 g/mol. The Hall–Kier alpha value is -13.2. The number of carbonyl (C=O) groups is 6. The van der Waals surface area contributed by atoms with E-state index in [2.05, 4.69) is 29.3 Å². The first-order valence-electron chi connectivity index (χ1n) is 45.7. The summed E-state index contributed by atoms with van der Waals surface area (Å²) in [5.74, 6) is -4.81. The number of amides is 4. The molecule has 0 N–H and O–H groups in total. The van der Waals surface area contributed by atoms with Crippen LogP contribution in [-0.4, -0.2) is 261 Å². The average Bonchev–Trinajstić information content (AvgIpc) is 1.71. The number of carbonyl (C=O) groups excluding carboxylic acids is 6. The molecule has 2 aliphatic carbocycles. The van der Waals surface area contributed by atoms with Gasteiger partial charge in [-0.25, -0.2) is 55.1 Å². The molecule has 6 heterocycles. The molecule has 766 valence electrons. The van der Waals surface area contributed by atoms with Gasteiger partial charge >= 0.3 is 24.5 Å². The molecule has 2 aromatic heterocycles. The molecule has 4 unspecified atom stereocenters.